The highest BCUT2D eigenvalue weighted by molar-refractivity contribution is 6.50. The van der Waals surface area contributed by atoms with E-state index in [2.05, 4.69) is 0 Å². The van der Waals surface area contributed by atoms with Crippen LogP contribution in [0.3, 0.4) is 0 Å². The maximum absolute atomic E-state index is 9.75. The fourth-order valence-electron chi connectivity index (χ4n) is 1.35. The minimum absolute atomic E-state index is 0.727. The third-order valence-corrected chi connectivity index (χ3v) is 2.61. The third-order valence-electron chi connectivity index (χ3n) is 2.04. The first-order chi connectivity index (χ1) is 8.18. The fourth-order valence-corrected chi connectivity index (χ4v) is 1.73. The van der Waals surface area contributed by atoms with Crippen LogP contribution < -0.4 is 4.57 Å². The van der Waals surface area contributed by atoms with Gasteiger partial charge in [0, 0.05) is 17.2 Å². The predicted octanol–water partition coefficient (Wildman–Crippen LogP) is 4.27. The first-order valence-electron chi connectivity index (χ1n) is 4.79. The van der Waals surface area contributed by atoms with Gasteiger partial charge in [0.05, 0.1) is 10.4 Å². The average Bonchev–Trinajstić information content (AvgIpc) is 2.21. The van der Waals surface area contributed by atoms with Gasteiger partial charge in [-0.05, 0) is 12.1 Å². The number of hydrogen-bond donors (Lipinski definition) is 0. The molecule has 0 amide bonds. The van der Waals surface area contributed by atoms with Crippen LogP contribution in [0, 0.1) is 0 Å². The van der Waals surface area contributed by atoms with E-state index in [9.17, 15) is 17.3 Å². The average molecular weight is 300 g/mol. The molecule has 0 unspecified atom stereocenters. The number of rotatable bonds is 0. The van der Waals surface area contributed by atoms with Crippen LogP contribution in [-0.2, 0) is 7.05 Å². The zero-order chi connectivity index (χ0) is 13.9. The van der Waals surface area contributed by atoms with Crippen LogP contribution in [0.15, 0.2) is 30.5 Å². The number of nitrogens with zero attached hydrogens (tertiary/aromatic N) is 1. The molecule has 0 spiro atoms. The Morgan fingerprint density at radius 1 is 1.06 bits per heavy atom. The third kappa shape index (κ3) is 4.70. The van der Waals surface area contributed by atoms with Crippen LogP contribution in [0.4, 0.5) is 17.3 Å². The largest absolute Gasteiger partial charge is 0.673 e. The molecule has 0 N–H and O–H groups in total. The lowest BCUT2D eigenvalue weighted by Gasteiger charge is -1.98. The number of aromatic nitrogens is 1. The van der Waals surface area contributed by atoms with Crippen molar-refractivity contribution in [1.82, 2.24) is 0 Å². The molecule has 0 radical (unpaired) electrons. The standard InChI is InChI=1S/C10H8Cl2N.BF4/c1-13-5-4-9(12)8-3-2-7(11)6-10(8)13;2-1(3,4)5/h2-6H,1H3;/q+1;-1. The van der Waals surface area contributed by atoms with E-state index in [4.69, 9.17) is 23.2 Å². The summed E-state index contributed by atoms with van der Waals surface area (Å²) in [6.45, 7) is 0. The Morgan fingerprint density at radius 2 is 1.61 bits per heavy atom. The van der Waals surface area contributed by atoms with Crippen LogP contribution >= 0.6 is 23.2 Å². The van der Waals surface area contributed by atoms with E-state index >= 15 is 0 Å². The number of benzene rings is 1. The Balaban J connectivity index is 0.000000280. The molecule has 0 aliphatic carbocycles. The van der Waals surface area contributed by atoms with Gasteiger partial charge < -0.3 is 17.3 Å². The van der Waals surface area contributed by atoms with Gasteiger partial charge in [0.1, 0.15) is 7.05 Å². The van der Waals surface area contributed by atoms with Gasteiger partial charge in [-0.1, -0.05) is 23.2 Å². The maximum atomic E-state index is 9.75. The van der Waals surface area contributed by atoms with Gasteiger partial charge in [-0.25, -0.2) is 4.57 Å². The van der Waals surface area contributed by atoms with Crippen molar-refractivity contribution in [1.29, 1.82) is 0 Å². The van der Waals surface area contributed by atoms with Gasteiger partial charge in [0.15, 0.2) is 6.20 Å². The molecule has 18 heavy (non-hydrogen) atoms. The van der Waals surface area contributed by atoms with E-state index in [0.717, 1.165) is 20.9 Å². The van der Waals surface area contributed by atoms with Crippen LogP contribution in [0.1, 0.15) is 0 Å². The first kappa shape index (κ1) is 15.1. The van der Waals surface area contributed by atoms with Crippen molar-refractivity contribution in [2.24, 2.45) is 7.05 Å². The van der Waals surface area contributed by atoms with E-state index in [1.54, 1.807) is 0 Å². The van der Waals surface area contributed by atoms with Gasteiger partial charge in [0.2, 0.25) is 5.52 Å². The van der Waals surface area contributed by atoms with E-state index < -0.39 is 7.25 Å². The lowest BCUT2D eigenvalue weighted by atomic mass is 10.2. The van der Waals surface area contributed by atoms with Crippen molar-refractivity contribution in [2.75, 3.05) is 0 Å². The Labute approximate surface area is 111 Å². The van der Waals surface area contributed by atoms with Gasteiger partial charge in [-0.3, -0.25) is 0 Å². The Hall–Kier alpha value is -1.01. The summed E-state index contributed by atoms with van der Waals surface area (Å²) in [5.41, 5.74) is 1.04. The summed E-state index contributed by atoms with van der Waals surface area (Å²) >= 11 is 11.9. The normalized spacial score (nSPS) is 11.1. The van der Waals surface area contributed by atoms with Crippen LogP contribution in [0.2, 0.25) is 10.0 Å². The van der Waals surface area contributed by atoms with Crippen molar-refractivity contribution in [2.45, 2.75) is 0 Å². The number of halogens is 6. The molecule has 0 aliphatic heterocycles. The van der Waals surface area contributed by atoms with Crippen LogP contribution in [0.5, 0.6) is 0 Å². The van der Waals surface area contributed by atoms with Gasteiger partial charge >= 0.3 is 7.25 Å². The summed E-state index contributed by atoms with van der Waals surface area (Å²) in [5.74, 6) is 0. The molecule has 0 saturated heterocycles. The highest BCUT2D eigenvalue weighted by Crippen LogP contribution is 2.22. The fraction of sp³-hybridized carbons (Fsp3) is 0.100. The molecule has 0 aliphatic rings. The summed E-state index contributed by atoms with van der Waals surface area (Å²) in [7, 11) is -4.03. The molecule has 8 heteroatoms. The van der Waals surface area contributed by atoms with E-state index in [1.807, 2.05) is 42.1 Å². The van der Waals surface area contributed by atoms with Crippen molar-refractivity contribution in [3.05, 3.63) is 40.5 Å². The van der Waals surface area contributed by atoms with E-state index in [0.29, 0.717) is 0 Å². The summed E-state index contributed by atoms with van der Waals surface area (Å²) < 4.78 is 41.0. The minimum atomic E-state index is -6.00. The molecule has 0 fully saturated rings. The maximum Gasteiger partial charge on any atom is 0.673 e. The second kappa shape index (κ2) is 5.76. The number of aryl methyl sites for hydroxylation is 1. The molecular weight excluding hydrogens is 292 g/mol. The number of pyridine rings is 1. The first-order valence-corrected chi connectivity index (χ1v) is 5.55. The second-order valence-electron chi connectivity index (χ2n) is 3.43. The molecular formula is C10H8BCl2F4N. The Kier molecular flexibility index (Phi) is 4.81. The number of fused-ring (bicyclic) bond motifs is 1. The highest BCUT2D eigenvalue weighted by atomic mass is 35.5. The SMILES string of the molecule is C[n+]1ccc(Cl)c2ccc(Cl)cc21.F[B-](F)(F)F. The second-order valence-corrected chi connectivity index (χ2v) is 4.27. The molecule has 0 atom stereocenters. The molecule has 2 rings (SSSR count). The molecule has 98 valence electrons. The number of hydrogen-bond acceptors (Lipinski definition) is 0. The molecule has 0 saturated carbocycles. The summed E-state index contributed by atoms with van der Waals surface area (Å²) in [6, 6.07) is 7.55. The molecule has 1 aromatic carbocycles. The van der Waals surface area contributed by atoms with Crippen molar-refractivity contribution in [3.8, 4) is 0 Å². The highest BCUT2D eigenvalue weighted by Gasteiger charge is 2.20. The van der Waals surface area contributed by atoms with Gasteiger partial charge in [-0.15, -0.1) is 0 Å². The summed E-state index contributed by atoms with van der Waals surface area (Å²) in [4.78, 5) is 0. The molecule has 1 heterocycles. The molecule has 2 aromatic rings. The van der Waals surface area contributed by atoms with Crippen molar-refractivity contribution >= 4 is 41.4 Å². The minimum Gasteiger partial charge on any atom is -0.418 e. The van der Waals surface area contributed by atoms with E-state index in [-0.39, 0.29) is 0 Å². The quantitative estimate of drug-likeness (QED) is 0.388. The lowest BCUT2D eigenvalue weighted by Crippen LogP contribution is -2.27. The lowest BCUT2D eigenvalue weighted by molar-refractivity contribution is -0.644. The van der Waals surface area contributed by atoms with Gasteiger partial charge in [0.25, 0.3) is 0 Å². The topological polar surface area (TPSA) is 3.88 Å². The van der Waals surface area contributed by atoms with Gasteiger partial charge in [-0.2, -0.15) is 0 Å². The molecule has 1 aromatic heterocycles. The van der Waals surface area contributed by atoms with Crippen LogP contribution in [0.25, 0.3) is 10.9 Å². The summed E-state index contributed by atoms with van der Waals surface area (Å²) in [6.07, 6.45) is 1.92. The summed E-state index contributed by atoms with van der Waals surface area (Å²) in [5, 5.41) is 2.51. The van der Waals surface area contributed by atoms with E-state index in [1.165, 1.54) is 0 Å². The molecule has 1 nitrogen and oxygen atoms in total. The molecule has 0 bridgehead atoms. The van der Waals surface area contributed by atoms with Crippen molar-refractivity contribution < 1.29 is 21.8 Å². The van der Waals surface area contributed by atoms with Crippen LogP contribution in [-0.4, -0.2) is 7.25 Å². The predicted molar refractivity (Wildman–Crippen MR) is 65.3 cm³/mol. The Morgan fingerprint density at radius 3 is 2.17 bits per heavy atom. The zero-order valence-electron chi connectivity index (χ0n) is 9.18. The zero-order valence-corrected chi connectivity index (χ0v) is 10.7. The van der Waals surface area contributed by atoms with Crippen molar-refractivity contribution in [3.63, 3.8) is 0 Å². The Bertz CT molecular complexity index is 553. The monoisotopic (exact) mass is 299 g/mol. The smallest absolute Gasteiger partial charge is 0.418 e.